The van der Waals surface area contributed by atoms with E-state index >= 15 is 0 Å². The van der Waals surface area contributed by atoms with Crippen LogP contribution in [-0.4, -0.2) is 44.0 Å². The number of rotatable bonds is 4. The van der Waals surface area contributed by atoms with Crippen molar-refractivity contribution in [3.8, 4) is 0 Å². The highest BCUT2D eigenvalue weighted by molar-refractivity contribution is 5.79. The predicted molar refractivity (Wildman–Crippen MR) is 75.2 cm³/mol. The van der Waals surface area contributed by atoms with Gasteiger partial charge in [-0.15, -0.1) is 0 Å². The fourth-order valence-electron chi connectivity index (χ4n) is 2.95. The van der Waals surface area contributed by atoms with E-state index in [1.54, 1.807) is 0 Å². The summed E-state index contributed by atoms with van der Waals surface area (Å²) < 4.78 is 0. The number of hydrogen-bond donors (Lipinski definition) is 2. The van der Waals surface area contributed by atoms with Crippen molar-refractivity contribution in [2.45, 2.75) is 39.7 Å². The van der Waals surface area contributed by atoms with Crippen LogP contribution in [0.15, 0.2) is 0 Å². The number of hydrogen-bond acceptors (Lipinski definition) is 3. The van der Waals surface area contributed by atoms with Crippen LogP contribution in [0.3, 0.4) is 0 Å². The molecule has 0 aliphatic heterocycles. The SMILES string of the molecule is CNCCN(C)C(=O)C1CCC(N)C(C)C1(C)C. The van der Waals surface area contributed by atoms with E-state index in [2.05, 4.69) is 26.1 Å². The van der Waals surface area contributed by atoms with E-state index in [4.69, 9.17) is 5.73 Å². The molecule has 0 spiro atoms. The minimum absolute atomic E-state index is 0.0113. The molecule has 1 fully saturated rings. The number of nitrogens with one attached hydrogen (secondary N) is 1. The fourth-order valence-corrected chi connectivity index (χ4v) is 2.95. The van der Waals surface area contributed by atoms with Gasteiger partial charge in [0.05, 0.1) is 0 Å². The van der Waals surface area contributed by atoms with E-state index in [0.29, 0.717) is 5.92 Å². The van der Waals surface area contributed by atoms with Crippen molar-refractivity contribution in [2.24, 2.45) is 23.0 Å². The third-order valence-corrected chi connectivity index (χ3v) is 4.87. The van der Waals surface area contributed by atoms with Crippen molar-refractivity contribution >= 4 is 5.91 Å². The van der Waals surface area contributed by atoms with Crippen LogP contribution in [0.5, 0.6) is 0 Å². The van der Waals surface area contributed by atoms with E-state index in [9.17, 15) is 4.79 Å². The maximum Gasteiger partial charge on any atom is 0.226 e. The van der Waals surface area contributed by atoms with Crippen molar-refractivity contribution in [1.82, 2.24) is 10.2 Å². The molecule has 0 bridgehead atoms. The van der Waals surface area contributed by atoms with Crippen LogP contribution in [-0.2, 0) is 4.79 Å². The van der Waals surface area contributed by atoms with Gasteiger partial charge < -0.3 is 16.0 Å². The van der Waals surface area contributed by atoms with Gasteiger partial charge >= 0.3 is 0 Å². The fraction of sp³-hybridized carbons (Fsp3) is 0.929. The Bertz CT molecular complexity index is 291. The van der Waals surface area contributed by atoms with Crippen LogP contribution in [0.1, 0.15) is 33.6 Å². The molecule has 1 aliphatic rings. The maximum atomic E-state index is 12.5. The number of nitrogens with two attached hydrogens (primary N) is 1. The summed E-state index contributed by atoms with van der Waals surface area (Å²) in [4.78, 5) is 14.4. The molecule has 106 valence electrons. The topological polar surface area (TPSA) is 58.4 Å². The van der Waals surface area contributed by atoms with Crippen LogP contribution >= 0.6 is 0 Å². The molecule has 3 unspecified atom stereocenters. The minimum Gasteiger partial charge on any atom is -0.344 e. The third kappa shape index (κ3) is 3.04. The summed E-state index contributed by atoms with van der Waals surface area (Å²) in [5, 5.41) is 3.08. The summed E-state index contributed by atoms with van der Waals surface area (Å²) in [6.07, 6.45) is 1.88. The Morgan fingerprint density at radius 1 is 1.44 bits per heavy atom. The molecule has 3 N–H and O–H groups in total. The number of nitrogens with zero attached hydrogens (tertiary/aromatic N) is 1. The summed E-state index contributed by atoms with van der Waals surface area (Å²) >= 11 is 0. The molecule has 0 saturated heterocycles. The second-order valence-electron chi connectivity index (χ2n) is 6.27. The van der Waals surface area contributed by atoms with Gasteiger partial charge in [-0.05, 0) is 31.2 Å². The van der Waals surface area contributed by atoms with E-state index in [1.807, 2.05) is 19.0 Å². The second-order valence-corrected chi connectivity index (χ2v) is 6.27. The number of carbonyl (C=O) groups is 1. The van der Waals surface area contributed by atoms with Crippen LogP contribution in [0.4, 0.5) is 0 Å². The standard InChI is InChI=1S/C14H29N3O/c1-10-12(15)7-6-11(14(10,2)3)13(18)17(5)9-8-16-4/h10-12,16H,6-9,15H2,1-5H3. The van der Waals surface area contributed by atoms with E-state index in [0.717, 1.165) is 25.9 Å². The Kier molecular flexibility index (Phi) is 5.17. The highest BCUT2D eigenvalue weighted by atomic mass is 16.2. The molecular formula is C14H29N3O. The summed E-state index contributed by atoms with van der Waals surface area (Å²) in [5.74, 6) is 0.765. The summed E-state index contributed by atoms with van der Waals surface area (Å²) in [7, 11) is 3.80. The Hall–Kier alpha value is -0.610. The Balaban J connectivity index is 2.73. The Labute approximate surface area is 111 Å². The lowest BCUT2D eigenvalue weighted by atomic mass is 9.61. The average Bonchev–Trinajstić information content (AvgIpc) is 2.32. The highest BCUT2D eigenvalue weighted by Crippen LogP contribution is 2.44. The molecule has 1 aliphatic carbocycles. The van der Waals surface area contributed by atoms with Gasteiger partial charge in [-0.3, -0.25) is 4.79 Å². The van der Waals surface area contributed by atoms with E-state index < -0.39 is 0 Å². The molecule has 18 heavy (non-hydrogen) atoms. The van der Waals surface area contributed by atoms with Gasteiger partial charge in [0.1, 0.15) is 0 Å². The third-order valence-electron chi connectivity index (χ3n) is 4.87. The largest absolute Gasteiger partial charge is 0.344 e. The lowest BCUT2D eigenvalue weighted by molar-refractivity contribution is -0.142. The smallest absolute Gasteiger partial charge is 0.226 e. The van der Waals surface area contributed by atoms with Gasteiger partial charge in [0.25, 0.3) is 0 Å². The molecule has 4 nitrogen and oxygen atoms in total. The molecule has 4 heteroatoms. The van der Waals surface area contributed by atoms with E-state index in [-0.39, 0.29) is 23.3 Å². The van der Waals surface area contributed by atoms with Crippen molar-refractivity contribution in [1.29, 1.82) is 0 Å². The van der Waals surface area contributed by atoms with Gasteiger partial charge in [-0.25, -0.2) is 0 Å². The monoisotopic (exact) mass is 255 g/mol. The Morgan fingerprint density at radius 2 is 2.06 bits per heavy atom. The molecular weight excluding hydrogens is 226 g/mol. The first-order valence-electron chi connectivity index (χ1n) is 6.97. The summed E-state index contributed by atoms with van der Waals surface area (Å²) in [6, 6.07) is 0.228. The first-order chi connectivity index (χ1) is 8.32. The molecule has 0 aromatic carbocycles. The van der Waals surface area contributed by atoms with Crippen LogP contribution in [0.25, 0.3) is 0 Å². The van der Waals surface area contributed by atoms with Gasteiger partial charge in [0.2, 0.25) is 5.91 Å². The highest BCUT2D eigenvalue weighted by Gasteiger charge is 2.45. The van der Waals surface area contributed by atoms with Gasteiger partial charge in [0.15, 0.2) is 0 Å². The zero-order valence-corrected chi connectivity index (χ0v) is 12.5. The summed E-state index contributed by atoms with van der Waals surface area (Å²) in [6.45, 7) is 8.15. The van der Waals surface area contributed by atoms with Gasteiger partial charge in [-0.2, -0.15) is 0 Å². The van der Waals surface area contributed by atoms with Crippen LogP contribution in [0.2, 0.25) is 0 Å². The minimum atomic E-state index is -0.0113. The number of amides is 1. The molecule has 1 saturated carbocycles. The maximum absolute atomic E-state index is 12.5. The van der Waals surface area contributed by atoms with Crippen LogP contribution in [0, 0.1) is 17.3 Å². The molecule has 0 heterocycles. The lowest BCUT2D eigenvalue weighted by Crippen LogP contribution is -2.52. The Morgan fingerprint density at radius 3 is 2.61 bits per heavy atom. The zero-order chi connectivity index (χ0) is 13.9. The quantitative estimate of drug-likeness (QED) is 0.790. The van der Waals surface area contributed by atoms with Crippen LogP contribution < -0.4 is 11.1 Å². The van der Waals surface area contributed by atoms with Gasteiger partial charge in [-0.1, -0.05) is 20.8 Å². The number of carbonyl (C=O) groups excluding carboxylic acids is 1. The number of likely N-dealkylation sites (N-methyl/N-ethyl adjacent to an activating group) is 2. The molecule has 1 amide bonds. The average molecular weight is 255 g/mol. The van der Waals surface area contributed by atoms with Crippen molar-refractivity contribution in [2.75, 3.05) is 27.2 Å². The molecule has 1 rings (SSSR count). The lowest BCUT2D eigenvalue weighted by Gasteiger charge is -2.47. The first-order valence-corrected chi connectivity index (χ1v) is 6.97. The zero-order valence-electron chi connectivity index (χ0n) is 12.5. The summed E-state index contributed by atoms with van der Waals surface area (Å²) in [5.41, 5.74) is 6.13. The molecule has 0 aromatic heterocycles. The molecule has 0 radical (unpaired) electrons. The van der Waals surface area contributed by atoms with Crippen molar-refractivity contribution < 1.29 is 4.79 Å². The van der Waals surface area contributed by atoms with Crippen molar-refractivity contribution in [3.05, 3.63) is 0 Å². The van der Waals surface area contributed by atoms with Crippen molar-refractivity contribution in [3.63, 3.8) is 0 Å². The van der Waals surface area contributed by atoms with Gasteiger partial charge in [0, 0.05) is 32.1 Å². The normalized spacial score (nSPS) is 31.1. The first kappa shape index (κ1) is 15.4. The van der Waals surface area contributed by atoms with E-state index in [1.165, 1.54) is 0 Å². The molecule has 3 atom stereocenters. The molecule has 0 aromatic rings. The predicted octanol–water partition coefficient (Wildman–Crippen LogP) is 1.06. The second kappa shape index (κ2) is 6.02.